The maximum atomic E-state index is 12.6. The minimum Gasteiger partial charge on any atom is -0.492 e. The van der Waals surface area contributed by atoms with Crippen LogP contribution in [0.25, 0.3) is 11.1 Å². The van der Waals surface area contributed by atoms with E-state index in [0.29, 0.717) is 12.2 Å². The fourth-order valence-corrected chi connectivity index (χ4v) is 5.56. The number of amides is 1. The molecule has 0 spiro atoms. The van der Waals surface area contributed by atoms with Gasteiger partial charge < -0.3 is 24.4 Å². The molecule has 8 heteroatoms. The maximum absolute atomic E-state index is 12.6. The predicted octanol–water partition coefficient (Wildman–Crippen LogP) is 5.15. The number of nitrogens with one attached hydrogen (secondary N) is 1. The summed E-state index contributed by atoms with van der Waals surface area (Å²) >= 11 is 0. The minimum absolute atomic E-state index is 0.0162. The smallest absolute Gasteiger partial charge is 0.337 e. The molecule has 8 nitrogen and oxygen atoms in total. The lowest BCUT2D eigenvalue weighted by Gasteiger charge is -2.39. The zero-order valence-corrected chi connectivity index (χ0v) is 23.4. The van der Waals surface area contributed by atoms with Crippen LogP contribution in [0.1, 0.15) is 42.2 Å². The van der Waals surface area contributed by atoms with Crippen LogP contribution in [-0.4, -0.2) is 69.4 Å². The lowest BCUT2D eigenvalue weighted by Crippen LogP contribution is -2.43. The third kappa shape index (κ3) is 6.29. The van der Waals surface area contributed by atoms with E-state index in [-0.39, 0.29) is 24.0 Å². The highest BCUT2D eigenvalue weighted by Crippen LogP contribution is 2.41. The molecule has 0 aliphatic carbocycles. The Labute approximate surface area is 235 Å². The van der Waals surface area contributed by atoms with Crippen LogP contribution < -0.4 is 15.0 Å². The molecule has 0 aromatic heterocycles. The van der Waals surface area contributed by atoms with E-state index in [4.69, 9.17) is 14.2 Å². The summed E-state index contributed by atoms with van der Waals surface area (Å²) in [6.07, 6.45) is 0.749. The number of nitrogens with zero attached hydrogens (tertiary/aromatic N) is 2. The third-order valence-electron chi connectivity index (χ3n) is 7.61. The summed E-state index contributed by atoms with van der Waals surface area (Å²) in [6.45, 7) is 8.64. The fourth-order valence-electron chi connectivity index (χ4n) is 5.56. The zero-order chi connectivity index (χ0) is 28.1. The van der Waals surface area contributed by atoms with E-state index in [0.717, 1.165) is 73.1 Å². The van der Waals surface area contributed by atoms with Crippen molar-refractivity contribution in [3.63, 3.8) is 0 Å². The lowest BCUT2D eigenvalue weighted by molar-refractivity contribution is -0.117. The van der Waals surface area contributed by atoms with E-state index in [1.807, 2.05) is 35.2 Å². The number of morpholine rings is 1. The van der Waals surface area contributed by atoms with E-state index in [1.54, 1.807) is 19.1 Å². The van der Waals surface area contributed by atoms with Gasteiger partial charge in [-0.05, 0) is 78.6 Å². The molecule has 0 radical (unpaired) electrons. The van der Waals surface area contributed by atoms with Crippen LogP contribution in [0.3, 0.4) is 0 Å². The second kappa shape index (κ2) is 12.5. The zero-order valence-electron chi connectivity index (χ0n) is 23.4. The number of ether oxygens (including phenoxy) is 3. The summed E-state index contributed by atoms with van der Waals surface area (Å²) < 4.78 is 16.3. The van der Waals surface area contributed by atoms with Gasteiger partial charge in [0, 0.05) is 44.0 Å². The molecule has 1 amide bonds. The topological polar surface area (TPSA) is 80.3 Å². The first kappa shape index (κ1) is 27.7. The Bertz CT molecular complexity index is 1340. The van der Waals surface area contributed by atoms with Crippen LogP contribution in [0.15, 0.2) is 66.7 Å². The monoisotopic (exact) mass is 543 g/mol. The molecular weight excluding hydrogens is 506 g/mol. The van der Waals surface area contributed by atoms with Crippen LogP contribution in [-0.2, 0) is 14.3 Å². The third-order valence-corrected chi connectivity index (χ3v) is 7.61. The number of benzene rings is 3. The van der Waals surface area contributed by atoms with E-state index >= 15 is 0 Å². The molecule has 2 heterocycles. The Kier molecular flexibility index (Phi) is 8.67. The highest BCUT2D eigenvalue weighted by atomic mass is 16.5. The van der Waals surface area contributed by atoms with Gasteiger partial charge in [0.2, 0.25) is 5.91 Å². The van der Waals surface area contributed by atoms with Gasteiger partial charge in [-0.1, -0.05) is 18.2 Å². The first-order valence-electron chi connectivity index (χ1n) is 13.8. The van der Waals surface area contributed by atoms with Crippen LogP contribution in [0, 0.1) is 0 Å². The van der Waals surface area contributed by atoms with E-state index < -0.39 is 0 Å². The van der Waals surface area contributed by atoms with Gasteiger partial charge in [-0.15, -0.1) is 0 Å². The Morgan fingerprint density at radius 1 is 1.00 bits per heavy atom. The number of esters is 1. The number of hydrogen-bond acceptors (Lipinski definition) is 7. The average Bonchev–Trinajstić information content (AvgIpc) is 2.97. The highest BCUT2D eigenvalue weighted by Gasteiger charge is 2.32. The molecule has 3 aromatic carbocycles. The van der Waals surface area contributed by atoms with Crippen molar-refractivity contribution in [3.8, 4) is 16.9 Å². The summed E-state index contributed by atoms with van der Waals surface area (Å²) in [5, 5.41) is 3.63. The van der Waals surface area contributed by atoms with Gasteiger partial charge >= 0.3 is 5.97 Å². The van der Waals surface area contributed by atoms with Crippen molar-refractivity contribution in [1.29, 1.82) is 0 Å². The second-order valence-electron chi connectivity index (χ2n) is 10.3. The van der Waals surface area contributed by atoms with Crippen molar-refractivity contribution < 1.29 is 23.8 Å². The number of fused-ring (bicyclic) bond motifs is 1. The first-order valence-corrected chi connectivity index (χ1v) is 13.8. The van der Waals surface area contributed by atoms with E-state index in [9.17, 15) is 9.59 Å². The number of carbonyl (C=O) groups is 2. The Morgan fingerprint density at radius 3 is 2.48 bits per heavy atom. The van der Waals surface area contributed by atoms with Crippen molar-refractivity contribution in [1.82, 2.24) is 4.90 Å². The van der Waals surface area contributed by atoms with Crippen molar-refractivity contribution in [2.75, 3.05) is 56.8 Å². The quantitative estimate of drug-likeness (QED) is 0.394. The number of hydrogen-bond donors (Lipinski definition) is 1. The molecule has 2 atom stereocenters. The van der Waals surface area contributed by atoms with E-state index in [1.165, 1.54) is 7.11 Å². The maximum Gasteiger partial charge on any atom is 0.337 e. The Hall–Kier alpha value is -3.88. The predicted molar refractivity (Wildman–Crippen MR) is 156 cm³/mol. The molecule has 0 bridgehead atoms. The van der Waals surface area contributed by atoms with Gasteiger partial charge in [0.05, 0.1) is 31.9 Å². The Morgan fingerprint density at radius 2 is 1.75 bits per heavy atom. The number of rotatable bonds is 8. The largest absolute Gasteiger partial charge is 0.492 e. The second-order valence-corrected chi connectivity index (χ2v) is 10.3. The van der Waals surface area contributed by atoms with Gasteiger partial charge in [0.15, 0.2) is 0 Å². The molecule has 0 unspecified atom stereocenters. The van der Waals surface area contributed by atoms with Crippen LogP contribution in [0.2, 0.25) is 0 Å². The fraction of sp³-hybridized carbons (Fsp3) is 0.375. The van der Waals surface area contributed by atoms with Crippen molar-refractivity contribution in [3.05, 3.63) is 77.9 Å². The van der Waals surface area contributed by atoms with Crippen molar-refractivity contribution in [2.45, 2.75) is 32.4 Å². The highest BCUT2D eigenvalue weighted by molar-refractivity contribution is 5.94. The summed E-state index contributed by atoms with van der Waals surface area (Å²) in [6, 6.07) is 21.7. The van der Waals surface area contributed by atoms with Crippen LogP contribution in [0.4, 0.5) is 11.4 Å². The minimum atomic E-state index is -0.364. The van der Waals surface area contributed by atoms with Gasteiger partial charge in [-0.3, -0.25) is 9.69 Å². The van der Waals surface area contributed by atoms with Crippen molar-refractivity contribution in [2.24, 2.45) is 0 Å². The van der Waals surface area contributed by atoms with Gasteiger partial charge in [-0.25, -0.2) is 4.79 Å². The van der Waals surface area contributed by atoms with Crippen LogP contribution >= 0.6 is 0 Å². The molecule has 1 N–H and O–H groups in total. The SMILES string of the molecule is COC(=O)c1ccc(N[C@@H]2C[C@H](C)N(C(C)=O)c3ccc(-c4cccc(OCCN5CCOCC5)c4)cc32)cc1. The first-order chi connectivity index (χ1) is 19.4. The molecule has 40 heavy (non-hydrogen) atoms. The van der Waals surface area contributed by atoms with Gasteiger partial charge in [0.25, 0.3) is 0 Å². The molecular formula is C32H37N3O5. The van der Waals surface area contributed by atoms with E-state index in [2.05, 4.69) is 41.4 Å². The normalized spacial score (nSPS) is 19.0. The molecule has 2 aliphatic heterocycles. The average molecular weight is 544 g/mol. The summed E-state index contributed by atoms with van der Waals surface area (Å²) in [7, 11) is 1.38. The molecule has 210 valence electrons. The molecule has 2 aliphatic rings. The van der Waals surface area contributed by atoms with Gasteiger partial charge in [-0.2, -0.15) is 0 Å². The number of methoxy groups -OCH3 is 1. The number of anilines is 2. The lowest BCUT2D eigenvalue weighted by atomic mass is 9.89. The Balaban J connectivity index is 1.38. The number of carbonyl (C=O) groups excluding carboxylic acids is 2. The molecule has 1 fully saturated rings. The summed E-state index contributed by atoms with van der Waals surface area (Å²) in [5.74, 6) is 0.498. The molecule has 0 saturated carbocycles. The van der Waals surface area contributed by atoms with Crippen molar-refractivity contribution >= 4 is 23.3 Å². The molecule has 1 saturated heterocycles. The summed E-state index contributed by atoms with van der Waals surface area (Å²) in [4.78, 5) is 28.7. The summed E-state index contributed by atoms with van der Waals surface area (Å²) in [5.41, 5.74) is 5.48. The molecule has 5 rings (SSSR count). The van der Waals surface area contributed by atoms with Crippen LogP contribution in [0.5, 0.6) is 5.75 Å². The van der Waals surface area contributed by atoms with Gasteiger partial charge in [0.1, 0.15) is 12.4 Å². The molecule has 3 aromatic rings. The standard InChI is InChI=1S/C32H37N3O5/c1-22-19-30(33-27-10-7-24(8-11-27)32(37)38-3)29-21-26(9-12-31(29)35(22)23(2)36)25-5-4-6-28(20-25)40-18-15-34-13-16-39-17-14-34/h4-12,20-22,30,33H,13-19H2,1-3H3/t22-,30+/m0/s1.